The van der Waals surface area contributed by atoms with Gasteiger partial charge in [0.25, 0.3) is 5.56 Å². The maximum atomic E-state index is 11.4. The van der Waals surface area contributed by atoms with Gasteiger partial charge < -0.3 is 4.98 Å². The number of aromatic amines is 1. The first-order valence-electron chi connectivity index (χ1n) is 3.53. The molecule has 2 heterocycles. The monoisotopic (exact) mass is 308 g/mol. The number of nitrogens with one attached hydrogen (secondary N) is 1. The van der Waals surface area contributed by atoms with Crippen LogP contribution in [0.15, 0.2) is 11.1 Å². The molecule has 0 amide bonds. The highest BCUT2D eigenvalue weighted by Crippen LogP contribution is 2.26. The molecular formula is C6H6IN4OP. The Morgan fingerprint density at radius 2 is 2.46 bits per heavy atom. The first kappa shape index (κ1) is 9.08. The van der Waals surface area contributed by atoms with Crippen molar-refractivity contribution >= 4 is 39.4 Å². The summed E-state index contributed by atoms with van der Waals surface area (Å²) in [7, 11) is 0. The number of hydrogen-bond acceptors (Lipinski definition) is 3. The fourth-order valence-electron chi connectivity index (χ4n) is 1.16. The van der Waals surface area contributed by atoms with Crippen molar-refractivity contribution in [1.29, 1.82) is 0 Å². The number of rotatable bonds is 1. The summed E-state index contributed by atoms with van der Waals surface area (Å²) in [5.74, 6) is 0. The molecule has 0 saturated carbocycles. The van der Waals surface area contributed by atoms with E-state index in [0.717, 1.165) is 5.69 Å². The lowest BCUT2D eigenvalue weighted by Gasteiger charge is -1.92. The number of aromatic nitrogens is 4. The van der Waals surface area contributed by atoms with Gasteiger partial charge in [0.1, 0.15) is 5.52 Å². The predicted molar refractivity (Wildman–Crippen MR) is 60.6 cm³/mol. The molecule has 1 atom stereocenters. The molecule has 0 aromatic carbocycles. The maximum Gasteiger partial charge on any atom is 0.277 e. The van der Waals surface area contributed by atoms with Crippen LogP contribution in [0.1, 0.15) is 5.69 Å². The topological polar surface area (TPSA) is 63.6 Å². The largest absolute Gasteiger partial charge is 0.311 e. The second-order valence-corrected chi connectivity index (χ2v) is 4.55. The fourth-order valence-corrected chi connectivity index (χ4v) is 2.69. The van der Waals surface area contributed by atoms with Gasteiger partial charge in [0, 0.05) is 0 Å². The van der Waals surface area contributed by atoms with Crippen LogP contribution < -0.4 is 5.56 Å². The van der Waals surface area contributed by atoms with E-state index in [1.54, 1.807) is 4.45 Å². The molecule has 5 nitrogen and oxygen atoms in total. The molecule has 68 valence electrons. The van der Waals surface area contributed by atoms with Crippen molar-refractivity contribution in [2.75, 3.05) is 0 Å². The van der Waals surface area contributed by atoms with Gasteiger partial charge in [-0.05, 0) is 29.0 Å². The van der Waals surface area contributed by atoms with Crippen molar-refractivity contribution in [3.8, 4) is 0 Å². The Morgan fingerprint density at radius 3 is 3.15 bits per heavy atom. The predicted octanol–water partition coefficient (Wildman–Crippen LogP) is 1.22. The normalized spacial score (nSPS) is 11.8. The molecule has 0 radical (unpaired) electrons. The van der Waals surface area contributed by atoms with E-state index in [2.05, 4.69) is 37.1 Å². The van der Waals surface area contributed by atoms with Crippen molar-refractivity contribution in [3.05, 3.63) is 22.4 Å². The summed E-state index contributed by atoms with van der Waals surface area (Å²) in [5.41, 5.74) is 1.92. The number of H-pyrrole nitrogens is 1. The van der Waals surface area contributed by atoms with Crippen LogP contribution in [-0.4, -0.2) is 19.5 Å². The fraction of sp³-hybridized carbons (Fsp3) is 0.167. The minimum atomic E-state index is -0.130. The molecule has 0 bridgehead atoms. The first-order chi connectivity index (χ1) is 6.24. The zero-order valence-electron chi connectivity index (χ0n) is 6.71. The third-order valence-corrected chi connectivity index (χ3v) is 3.57. The van der Waals surface area contributed by atoms with Gasteiger partial charge in [-0.3, -0.25) is 4.79 Å². The van der Waals surface area contributed by atoms with Crippen molar-refractivity contribution in [3.63, 3.8) is 0 Å². The van der Waals surface area contributed by atoms with E-state index in [0.29, 0.717) is 17.4 Å². The van der Waals surface area contributed by atoms with Gasteiger partial charge in [-0.2, -0.15) is 5.10 Å². The Bertz CT molecular complexity index is 505. The lowest BCUT2D eigenvalue weighted by molar-refractivity contribution is 0.996. The van der Waals surface area contributed by atoms with E-state index in [9.17, 15) is 4.79 Å². The van der Waals surface area contributed by atoms with E-state index in [1.165, 1.54) is 6.33 Å². The van der Waals surface area contributed by atoms with Crippen LogP contribution >= 0.6 is 28.4 Å². The van der Waals surface area contributed by atoms with Crippen molar-refractivity contribution in [2.24, 2.45) is 0 Å². The molecule has 13 heavy (non-hydrogen) atoms. The summed E-state index contributed by atoms with van der Waals surface area (Å²) in [5, 5.41) is 4.21. The number of hydrogen-bond donors (Lipinski definition) is 1. The molecule has 2 aromatic heterocycles. The summed E-state index contributed by atoms with van der Waals surface area (Å²) in [4.78, 5) is 18.0. The highest BCUT2D eigenvalue weighted by atomic mass is 127. The zero-order chi connectivity index (χ0) is 9.42. The third kappa shape index (κ3) is 1.38. The Balaban J connectivity index is 2.97. The van der Waals surface area contributed by atoms with Gasteiger partial charge in [0.05, 0.1) is 18.4 Å². The second-order valence-electron chi connectivity index (χ2n) is 2.51. The van der Waals surface area contributed by atoms with Crippen LogP contribution in [0.25, 0.3) is 11.0 Å². The molecule has 0 aliphatic rings. The Labute approximate surface area is 88.3 Å². The molecule has 0 fully saturated rings. The summed E-state index contributed by atoms with van der Waals surface area (Å²) in [6, 6.07) is 0. The molecule has 0 spiro atoms. The smallest absolute Gasteiger partial charge is 0.277 e. The van der Waals surface area contributed by atoms with E-state index in [1.807, 2.05) is 6.92 Å². The Hall–Kier alpha value is -0.490. The van der Waals surface area contributed by atoms with Crippen molar-refractivity contribution < 1.29 is 0 Å². The summed E-state index contributed by atoms with van der Waals surface area (Å²) in [6.07, 6.45) is 1.82. The van der Waals surface area contributed by atoms with Crippen LogP contribution in [0.5, 0.6) is 0 Å². The number of fused-ring (bicyclic) bond motifs is 1. The molecule has 2 aromatic rings. The van der Waals surface area contributed by atoms with Crippen LogP contribution in [0, 0.1) is 6.92 Å². The highest BCUT2D eigenvalue weighted by molar-refractivity contribution is 14.2. The van der Waals surface area contributed by atoms with E-state index < -0.39 is 0 Å². The molecule has 2 rings (SSSR count). The zero-order valence-corrected chi connectivity index (χ0v) is 9.86. The van der Waals surface area contributed by atoms with Gasteiger partial charge in [-0.15, -0.1) is 0 Å². The minimum absolute atomic E-state index is 0.130. The van der Waals surface area contributed by atoms with E-state index in [-0.39, 0.29) is 5.56 Å². The molecule has 7 heteroatoms. The van der Waals surface area contributed by atoms with Crippen LogP contribution in [0.3, 0.4) is 0 Å². The number of halogens is 1. The average molecular weight is 308 g/mol. The second kappa shape index (κ2) is 3.34. The van der Waals surface area contributed by atoms with Crippen molar-refractivity contribution in [2.45, 2.75) is 6.92 Å². The lowest BCUT2D eigenvalue weighted by Crippen LogP contribution is -2.08. The average Bonchev–Trinajstić information content (AvgIpc) is 2.45. The van der Waals surface area contributed by atoms with Gasteiger partial charge in [-0.25, -0.2) is 9.44 Å². The van der Waals surface area contributed by atoms with Gasteiger partial charge in [0.15, 0.2) is 5.52 Å². The SMILES string of the molecule is Cc1nn(PI)c2c(=O)[nH]cnc12. The van der Waals surface area contributed by atoms with E-state index in [4.69, 9.17) is 0 Å². The van der Waals surface area contributed by atoms with Gasteiger partial charge in [-0.1, -0.05) is 0 Å². The minimum Gasteiger partial charge on any atom is -0.311 e. The maximum absolute atomic E-state index is 11.4. The van der Waals surface area contributed by atoms with Gasteiger partial charge >= 0.3 is 0 Å². The van der Waals surface area contributed by atoms with Crippen LogP contribution in [0.4, 0.5) is 0 Å². The quantitative estimate of drug-likeness (QED) is 0.636. The highest BCUT2D eigenvalue weighted by Gasteiger charge is 2.10. The first-order valence-corrected chi connectivity index (χ1v) is 7.60. The van der Waals surface area contributed by atoms with Gasteiger partial charge in [0.2, 0.25) is 0 Å². The summed E-state index contributed by atoms with van der Waals surface area (Å²) < 4.78 is 1.68. The third-order valence-electron chi connectivity index (χ3n) is 1.71. The summed E-state index contributed by atoms with van der Waals surface area (Å²) in [6.45, 7) is 1.85. The molecule has 0 saturated heterocycles. The summed E-state index contributed by atoms with van der Waals surface area (Å²) >= 11 is 2.18. The molecule has 1 N–H and O–H groups in total. The van der Waals surface area contributed by atoms with E-state index >= 15 is 0 Å². The number of aryl methyl sites for hydroxylation is 1. The lowest BCUT2D eigenvalue weighted by atomic mass is 10.4. The standard InChI is InChI=1S/C6H6IN4OP/c1-3-4-5(11(10-3)13-7)6(12)9-2-8-4/h2,13H,1H3,(H,8,9,12). The van der Waals surface area contributed by atoms with Crippen LogP contribution in [0.2, 0.25) is 0 Å². The molecule has 0 aliphatic heterocycles. The molecular weight excluding hydrogens is 302 g/mol. The van der Waals surface area contributed by atoms with Crippen LogP contribution in [-0.2, 0) is 0 Å². The Kier molecular flexibility index (Phi) is 2.33. The molecule has 1 unspecified atom stereocenters. The van der Waals surface area contributed by atoms with Crippen molar-refractivity contribution in [1.82, 2.24) is 19.5 Å². The molecule has 0 aliphatic carbocycles. The Morgan fingerprint density at radius 1 is 1.69 bits per heavy atom. The number of nitrogens with zero attached hydrogens (tertiary/aromatic N) is 3.